The molecule has 0 aliphatic heterocycles. The summed E-state index contributed by atoms with van der Waals surface area (Å²) in [6.45, 7) is 0. The second kappa shape index (κ2) is 5.46. The lowest BCUT2D eigenvalue weighted by atomic mass is 10.3. The van der Waals surface area contributed by atoms with Gasteiger partial charge in [0.15, 0.2) is 0 Å². The zero-order chi connectivity index (χ0) is 14.8. The number of benzene rings is 2. The Labute approximate surface area is 115 Å². The van der Waals surface area contributed by atoms with Gasteiger partial charge in [-0.15, -0.1) is 0 Å². The van der Waals surface area contributed by atoms with Crippen LogP contribution in [0.4, 0.5) is 20.2 Å². The molecule has 0 aliphatic carbocycles. The Bertz CT molecular complexity index is 713. The number of sulfonamides is 1. The molecule has 2 N–H and O–H groups in total. The predicted molar refractivity (Wildman–Crippen MR) is 73.2 cm³/mol. The van der Waals surface area contributed by atoms with E-state index in [2.05, 4.69) is 5.32 Å². The number of nitrogens with one attached hydrogen (secondary N) is 2. The lowest BCUT2D eigenvalue weighted by Crippen LogP contribution is -2.16. The zero-order valence-corrected chi connectivity index (χ0v) is 11.3. The van der Waals surface area contributed by atoms with Crippen molar-refractivity contribution >= 4 is 21.4 Å². The van der Waals surface area contributed by atoms with Crippen molar-refractivity contribution in [1.29, 1.82) is 0 Å². The number of anilines is 2. The van der Waals surface area contributed by atoms with Gasteiger partial charge in [-0.05, 0) is 24.3 Å². The Balaban J connectivity index is 2.47. The van der Waals surface area contributed by atoms with E-state index in [4.69, 9.17) is 0 Å². The summed E-state index contributed by atoms with van der Waals surface area (Å²) in [5.74, 6) is -1.95. The van der Waals surface area contributed by atoms with E-state index in [0.29, 0.717) is 5.69 Å². The third-order valence-electron chi connectivity index (χ3n) is 2.65. The molecule has 0 radical (unpaired) electrons. The van der Waals surface area contributed by atoms with Gasteiger partial charge in [0, 0.05) is 7.05 Å². The van der Waals surface area contributed by atoms with E-state index in [1.807, 2.05) is 4.72 Å². The van der Waals surface area contributed by atoms with Crippen molar-refractivity contribution in [3.05, 3.63) is 54.1 Å². The summed E-state index contributed by atoms with van der Waals surface area (Å²) < 4.78 is 53.3. The highest BCUT2D eigenvalue weighted by atomic mass is 32.2. The summed E-state index contributed by atoms with van der Waals surface area (Å²) in [6, 6.07) is 9.17. The summed E-state index contributed by atoms with van der Waals surface area (Å²) in [5.41, 5.74) is -0.366. The van der Waals surface area contributed by atoms with Crippen LogP contribution in [-0.2, 0) is 10.0 Å². The molecule has 0 unspecified atom stereocenters. The molecule has 0 spiro atoms. The fraction of sp³-hybridized carbons (Fsp3) is 0.0769. The molecule has 2 rings (SSSR count). The SMILES string of the molecule is CNc1ccccc1S(=O)(=O)Nc1c(F)cccc1F. The molecule has 0 amide bonds. The molecule has 2 aromatic rings. The molecule has 4 nitrogen and oxygen atoms in total. The topological polar surface area (TPSA) is 58.2 Å². The summed E-state index contributed by atoms with van der Waals surface area (Å²) in [4.78, 5) is -0.0925. The summed E-state index contributed by atoms with van der Waals surface area (Å²) in [7, 11) is -2.54. The van der Waals surface area contributed by atoms with Gasteiger partial charge in [-0.25, -0.2) is 17.2 Å². The third kappa shape index (κ3) is 2.72. The van der Waals surface area contributed by atoms with E-state index in [0.717, 1.165) is 18.2 Å². The monoisotopic (exact) mass is 298 g/mol. The van der Waals surface area contributed by atoms with Gasteiger partial charge in [0.2, 0.25) is 0 Å². The molecule has 7 heteroatoms. The second-order valence-corrected chi connectivity index (χ2v) is 5.60. The first kappa shape index (κ1) is 14.3. The first-order valence-electron chi connectivity index (χ1n) is 5.69. The normalized spacial score (nSPS) is 11.2. The fourth-order valence-corrected chi connectivity index (χ4v) is 2.98. The van der Waals surface area contributed by atoms with Gasteiger partial charge >= 0.3 is 0 Å². The maximum absolute atomic E-state index is 13.5. The van der Waals surface area contributed by atoms with Crippen molar-refractivity contribution in [2.24, 2.45) is 0 Å². The van der Waals surface area contributed by atoms with Crippen LogP contribution in [0.15, 0.2) is 47.4 Å². The van der Waals surface area contributed by atoms with Crippen LogP contribution >= 0.6 is 0 Å². The Morgan fingerprint density at radius 1 is 0.950 bits per heavy atom. The number of rotatable bonds is 4. The highest BCUT2D eigenvalue weighted by molar-refractivity contribution is 7.92. The van der Waals surface area contributed by atoms with Crippen LogP contribution in [0.3, 0.4) is 0 Å². The van der Waals surface area contributed by atoms with E-state index in [-0.39, 0.29) is 4.90 Å². The minimum absolute atomic E-state index is 0.0925. The van der Waals surface area contributed by atoms with Crippen LogP contribution in [0.25, 0.3) is 0 Å². The molecular formula is C13H12F2N2O2S. The van der Waals surface area contributed by atoms with Gasteiger partial charge < -0.3 is 5.32 Å². The molecule has 0 bridgehead atoms. The quantitative estimate of drug-likeness (QED) is 0.912. The standard InChI is InChI=1S/C13H12F2N2O2S/c1-16-11-7-2-3-8-12(11)20(18,19)17-13-9(14)5-4-6-10(13)15/h2-8,16-17H,1H3. The summed E-state index contributed by atoms with van der Waals surface area (Å²) in [5, 5.41) is 2.71. The highest BCUT2D eigenvalue weighted by Crippen LogP contribution is 2.25. The largest absolute Gasteiger partial charge is 0.387 e. The average molecular weight is 298 g/mol. The van der Waals surface area contributed by atoms with Crippen molar-refractivity contribution in [3.8, 4) is 0 Å². The van der Waals surface area contributed by atoms with Gasteiger partial charge in [0.1, 0.15) is 22.2 Å². The summed E-state index contributed by atoms with van der Waals surface area (Å²) in [6.07, 6.45) is 0. The molecule has 0 heterocycles. The van der Waals surface area contributed by atoms with Crippen molar-refractivity contribution in [2.75, 3.05) is 17.1 Å². The Kier molecular flexibility index (Phi) is 3.89. The second-order valence-electron chi connectivity index (χ2n) is 3.95. The number of hydrogen-bond donors (Lipinski definition) is 2. The van der Waals surface area contributed by atoms with E-state index >= 15 is 0 Å². The van der Waals surface area contributed by atoms with Gasteiger partial charge in [-0.1, -0.05) is 18.2 Å². The molecular weight excluding hydrogens is 286 g/mol. The lowest BCUT2D eigenvalue weighted by molar-refractivity contribution is 0.583. The molecule has 0 saturated heterocycles. The Morgan fingerprint density at radius 3 is 2.15 bits per heavy atom. The van der Waals surface area contributed by atoms with E-state index in [9.17, 15) is 17.2 Å². The Hall–Kier alpha value is -2.15. The van der Waals surface area contributed by atoms with Crippen molar-refractivity contribution in [2.45, 2.75) is 4.90 Å². The number of hydrogen-bond acceptors (Lipinski definition) is 3. The van der Waals surface area contributed by atoms with Gasteiger partial charge in [-0.3, -0.25) is 4.72 Å². The van der Waals surface area contributed by atoms with Gasteiger partial charge in [-0.2, -0.15) is 0 Å². The molecule has 0 aliphatic rings. The molecule has 2 aromatic carbocycles. The van der Waals surface area contributed by atoms with Crippen molar-refractivity contribution in [3.63, 3.8) is 0 Å². The molecule has 0 fully saturated rings. The minimum Gasteiger partial charge on any atom is -0.387 e. The van der Waals surface area contributed by atoms with E-state index in [1.54, 1.807) is 19.2 Å². The number of halogens is 2. The molecule has 20 heavy (non-hydrogen) atoms. The first-order valence-corrected chi connectivity index (χ1v) is 7.17. The lowest BCUT2D eigenvalue weighted by Gasteiger charge is -2.12. The van der Waals surface area contributed by atoms with Crippen LogP contribution in [0.2, 0.25) is 0 Å². The first-order chi connectivity index (χ1) is 9.45. The van der Waals surface area contributed by atoms with Crippen molar-refractivity contribution < 1.29 is 17.2 Å². The maximum atomic E-state index is 13.5. The minimum atomic E-state index is -4.09. The molecule has 0 atom stereocenters. The van der Waals surface area contributed by atoms with Gasteiger partial charge in [0.05, 0.1) is 5.69 Å². The third-order valence-corrected chi connectivity index (χ3v) is 4.05. The fourth-order valence-electron chi connectivity index (χ4n) is 1.69. The van der Waals surface area contributed by atoms with Gasteiger partial charge in [0.25, 0.3) is 10.0 Å². The van der Waals surface area contributed by atoms with Crippen LogP contribution in [0.1, 0.15) is 0 Å². The van der Waals surface area contributed by atoms with Crippen LogP contribution in [0.5, 0.6) is 0 Å². The van der Waals surface area contributed by atoms with Crippen LogP contribution < -0.4 is 10.0 Å². The van der Waals surface area contributed by atoms with E-state index in [1.165, 1.54) is 12.1 Å². The molecule has 106 valence electrons. The van der Waals surface area contributed by atoms with Crippen LogP contribution in [-0.4, -0.2) is 15.5 Å². The average Bonchev–Trinajstić information content (AvgIpc) is 2.43. The highest BCUT2D eigenvalue weighted by Gasteiger charge is 2.21. The predicted octanol–water partition coefficient (Wildman–Crippen LogP) is 2.81. The van der Waals surface area contributed by atoms with Crippen LogP contribution in [0, 0.1) is 11.6 Å². The maximum Gasteiger partial charge on any atom is 0.264 e. The van der Waals surface area contributed by atoms with E-state index < -0.39 is 27.3 Å². The van der Waals surface area contributed by atoms with Crippen molar-refractivity contribution in [1.82, 2.24) is 0 Å². The number of para-hydroxylation sites is 2. The summed E-state index contributed by atoms with van der Waals surface area (Å²) >= 11 is 0. The zero-order valence-electron chi connectivity index (χ0n) is 10.5. The molecule has 0 aromatic heterocycles. The Morgan fingerprint density at radius 2 is 1.55 bits per heavy atom. The molecule has 0 saturated carbocycles. The smallest absolute Gasteiger partial charge is 0.264 e.